The van der Waals surface area contributed by atoms with E-state index in [9.17, 15) is 9.59 Å². The summed E-state index contributed by atoms with van der Waals surface area (Å²) in [7, 11) is 4.52. The number of nitrogens with zero attached hydrogens (tertiary/aromatic N) is 2. The van der Waals surface area contributed by atoms with Crippen molar-refractivity contribution in [3.05, 3.63) is 76.5 Å². The van der Waals surface area contributed by atoms with Gasteiger partial charge in [-0.15, -0.1) is 0 Å². The summed E-state index contributed by atoms with van der Waals surface area (Å²) in [5, 5.41) is 5.49. The number of hydrogen-bond donors (Lipinski definition) is 1. The van der Waals surface area contributed by atoms with Crippen molar-refractivity contribution >= 4 is 34.5 Å². The maximum Gasteiger partial charge on any atom is 0.338 e. The lowest BCUT2D eigenvalue weighted by molar-refractivity contribution is -0.136. The van der Waals surface area contributed by atoms with Crippen LogP contribution in [0.15, 0.2) is 75.9 Å². The number of anilines is 1. The maximum absolute atomic E-state index is 12.9. The average molecular weight is 480 g/mol. The molecule has 0 aliphatic carbocycles. The summed E-state index contributed by atoms with van der Waals surface area (Å²) in [5.41, 5.74) is 3.14. The Hall–Kier alpha value is -3.72. The van der Waals surface area contributed by atoms with E-state index in [4.69, 9.17) is 14.2 Å². The molecular weight excluding hydrogens is 454 g/mol. The molecule has 9 heteroatoms. The van der Waals surface area contributed by atoms with Crippen LogP contribution < -0.4 is 14.8 Å². The van der Waals surface area contributed by atoms with E-state index in [-0.39, 0.29) is 12.3 Å². The Morgan fingerprint density at radius 3 is 2.47 bits per heavy atom. The molecule has 1 amide bonds. The second-order valence-corrected chi connectivity index (χ2v) is 8.42. The Balaban J connectivity index is 1.66. The topological polar surface area (TPSA) is 89.5 Å². The molecule has 2 heterocycles. The SMILES string of the molecule is COC(=O)C1=C(C)N=C2SC=C(CC(=O)Nc3ccc(OC)cc3)N2[C@H]1c1ccccc1OC. The van der Waals surface area contributed by atoms with Crippen molar-refractivity contribution < 1.29 is 23.8 Å². The van der Waals surface area contributed by atoms with Gasteiger partial charge in [0.05, 0.1) is 45.1 Å². The summed E-state index contributed by atoms with van der Waals surface area (Å²) in [6.45, 7) is 1.79. The first-order valence-corrected chi connectivity index (χ1v) is 11.4. The number of rotatable bonds is 7. The third-order valence-electron chi connectivity index (χ3n) is 5.55. The van der Waals surface area contributed by atoms with Crippen LogP contribution in [0.1, 0.15) is 24.9 Å². The number of amidine groups is 1. The fourth-order valence-corrected chi connectivity index (χ4v) is 4.94. The van der Waals surface area contributed by atoms with Crippen LogP contribution >= 0.6 is 11.8 Å². The highest BCUT2D eigenvalue weighted by atomic mass is 32.2. The molecule has 0 spiro atoms. The first-order chi connectivity index (χ1) is 16.5. The molecule has 0 fully saturated rings. The van der Waals surface area contributed by atoms with E-state index in [1.54, 1.807) is 45.4 Å². The standard InChI is InChI=1S/C25H25N3O5S/c1-15-22(24(30)33-4)23(19-7-5-6-8-20(19)32-3)28-17(14-34-25(28)26-15)13-21(29)27-16-9-11-18(31-2)12-10-16/h5-12,14,23H,13H2,1-4H3,(H,27,29)/t23-/m0/s1. The molecule has 0 aromatic heterocycles. The highest BCUT2D eigenvalue weighted by molar-refractivity contribution is 8.16. The third kappa shape index (κ3) is 4.51. The summed E-state index contributed by atoms with van der Waals surface area (Å²) >= 11 is 1.41. The Morgan fingerprint density at radius 2 is 1.79 bits per heavy atom. The molecule has 0 saturated heterocycles. The number of benzene rings is 2. The van der Waals surface area contributed by atoms with Crippen LogP contribution in [0, 0.1) is 0 Å². The molecule has 34 heavy (non-hydrogen) atoms. The number of aliphatic imine (C=N–C) groups is 1. The lowest BCUT2D eigenvalue weighted by Crippen LogP contribution is -2.37. The third-order valence-corrected chi connectivity index (χ3v) is 6.44. The number of nitrogens with one attached hydrogen (secondary N) is 1. The summed E-state index contributed by atoms with van der Waals surface area (Å²) < 4.78 is 15.9. The molecule has 0 bridgehead atoms. The van der Waals surface area contributed by atoms with E-state index in [0.717, 1.165) is 11.3 Å². The number of ether oxygens (including phenoxy) is 3. The van der Waals surface area contributed by atoms with Gasteiger partial charge in [-0.05, 0) is 42.7 Å². The molecule has 1 N–H and O–H groups in total. The van der Waals surface area contributed by atoms with Crippen molar-refractivity contribution in [1.82, 2.24) is 4.90 Å². The summed E-state index contributed by atoms with van der Waals surface area (Å²) in [6.07, 6.45) is 0.0944. The first kappa shape index (κ1) is 23.4. The molecule has 176 valence electrons. The fourth-order valence-electron chi connectivity index (χ4n) is 3.97. The Bertz CT molecular complexity index is 1200. The number of thioether (sulfide) groups is 1. The van der Waals surface area contributed by atoms with Crippen LogP contribution in [0.5, 0.6) is 11.5 Å². The van der Waals surface area contributed by atoms with E-state index in [2.05, 4.69) is 10.3 Å². The van der Waals surface area contributed by atoms with E-state index in [1.807, 2.05) is 34.6 Å². The van der Waals surface area contributed by atoms with Gasteiger partial charge in [0.25, 0.3) is 0 Å². The molecule has 0 saturated carbocycles. The predicted molar refractivity (Wildman–Crippen MR) is 132 cm³/mol. The fraction of sp³-hybridized carbons (Fsp3) is 0.240. The highest BCUT2D eigenvalue weighted by Gasteiger charge is 2.42. The zero-order chi connectivity index (χ0) is 24.2. The van der Waals surface area contributed by atoms with Gasteiger partial charge in [0.15, 0.2) is 5.17 Å². The van der Waals surface area contributed by atoms with Gasteiger partial charge in [-0.1, -0.05) is 30.0 Å². The van der Waals surface area contributed by atoms with Crippen molar-refractivity contribution in [2.45, 2.75) is 19.4 Å². The van der Waals surface area contributed by atoms with Crippen LogP contribution in [0.4, 0.5) is 5.69 Å². The van der Waals surface area contributed by atoms with Crippen molar-refractivity contribution in [2.24, 2.45) is 4.99 Å². The smallest absolute Gasteiger partial charge is 0.338 e. The number of esters is 1. The lowest BCUT2D eigenvalue weighted by atomic mass is 9.93. The van der Waals surface area contributed by atoms with Gasteiger partial charge in [-0.2, -0.15) is 0 Å². The zero-order valence-corrected chi connectivity index (χ0v) is 20.1. The molecule has 0 radical (unpaired) electrons. The largest absolute Gasteiger partial charge is 0.497 e. The molecule has 0 unspecified atom stereocenters. The van der Waals surface area contributed by atoms with Crippen molar-refractivity contribution in [3.8, 4) is 11.5 Å². The predicted octanol–water partition coefficient (Wildman–Crippen LogP) is 4.48. The molecule has 1 atom stereocenters. The molecule has 8 nitrogen and oxygen atoms in total. The van der Waals surface area contributed by atoms with Gasteiger partial charge in [-0.3, -0.25) is 4.79 Å². The van der Waals surface area contributed by atoms with Gasteiger partial charge < -0.3 is 24.4 Å². The van der Waals surface area contributed by atoms with E-state index < -0.39 is 12.0 Å². The average Bonchev–Trinajstić information content (AvgIpc) is 3.24. The second-order valence-electron chi connectivity index (χ2n) is 7.58. The number of para-hydroxylation sites is 1. The number of hydrogen-bond acceptors (Lipinski definition) is 8. The van der Waals surface area contributed by atoms with Crippen molar-refractivity contribution in [3.63, 3.8) is 0 Å². The molecule has 2 aliphatic rings. The minimum absolute atomic E-state index is 0.0944. The molecular formula is C25H25N3O5S. The van der Waals surface area contributed by atoms with Crippen molar-refractivity contribution in [2.75, 3.05) is 26.6 Å². The Kier molecular flexibility index (Phi) is 6.93. The van der Waals surface area contributed by atoms with Gasteiger partial charge in [-0.25, -0.2) is 9.79 Å². The van der Waals surface area contributed by atoms with E-state index in [1.165, 1.54) is 18.9 Å². The number of carbonyl (C=O) groups excluding carboxylic acids is 2. The number of amides is 1. The number of carbonyl (C=O) groups is 2. The van der Waals surface area contributed by atoms with Gasteiger partial charge >= 0.3 is 5.97 Å². The summed E-state index contributed by atoms with van der Waals surface area (Å²) in [4.78, 5) is 32.3. The van der Waals surface area contributed by atoms with E-state index in [0.29, 0.717) is 33.6 Å². The monoisotopic (exact) mass is 479 g/mol. The van der Waals surface area contributed by atoms with Gasteiger partial charge in [0, 0.05) is 16.9 Å². The van der Waals surface area contributed by atoms with Crippen LogP contribution in [-0.2, 0) is 14.3 Å². The van der Waals surface area contributed by atoms with Gasteiger partial charge in [0.2, 0.25) is 5.91 Å². The Morgan fingerprint density at radius 1 is 1.06 bits per heavy atom. The number of fused-ring (bicyclic) bond motifs is 1. The maximum atomic E-state index is 12.9. The number of allylic oxidation sites excluding steroid dienone is 1. The van der Waals surface area contributed by atoms with E-state index >= 15 is 0 Å². The Labute approximate surface area is 202 Å². The number of methoxy groups -OCH3 is 3. The second kappa shape index (κ2) is 10.0. The molecule has 2 aromatic carbocycles. The minimum Gasteiger partial charge on any atom is -0.497 e. The first-order valence-electron chi connectivity index (χ1n) is 10.6. The van der Waals surface area contributed by atoms with Crippen molar-refractivity contribution in [1.29, 1.82) is 0 Å². The van der Waals surface area contributed by atoms with Crippen LogP contribution in [-0.4, -0.2) is 43.3 Å². The molecule has 4 rings (SSSR count). The zero-order valence-electron chi connectivity index (χ0n) is 19.3. The lowest BCUT2D eigenvalue weighted by Gasteiger charge is -2.36. The molecule has 2 aliphatic heterocycles. The summed E-state index contributed by atoms with van der Waals surface area (Å²) in [5.74, 6) is 0.666. The molecule has 2 aromatic rings. The quantitative estimate of drug-likeness (QED) is 0.586. The minimum atomic E-state index is -0.550. The summed E-state index contributed by atoms with van der Waals surface area (Å²) in [6, 6.07) is 14.1. The van der Waals surface area contributed by atoms with Crippen LogP contribution in [0.3, 0.4) is 0 Å². The highest BCUT2D eigenvalue weighted by Crippen LogP contribution is 2.46. The van der Waals surface area contributed by atoms with Crippen LogP contribution in [0.2, 0.25) is 0 Å². The van der Waals surface area contributed by atoms with Crippen LogP contribution in [0.25, 0.3) is 0 Å². The normalized spacial score (nSPS) is 16.9. The van der Waals surface area contributed by atoms with Gasteiger partial charge in [0.1, 0.15) is 11.5 Å².